The van der Waals surface area contributed by atoms with Gasteiger partial charge in [0.25, 0.3) is 0 Å². The largest absolute Gasteiger partial charge is 0.508 e. The highest BCUT2D eigenvalue weighted by molar-refractivity contribution is 7.80. The number of rotatable bonds is 47. The maximum atomic E-state index is 15.0. The first-order valence-electron chi connectivity index (χ1n) is 43.9. The second-order valence-electron chi connectivity index (χ2n) is 33.6. The molecule has 5 aliphatic heterocycles. The molecule has 0 saturated carbocycles. The highest BCUT2D eigenvalue weighted by Gasteiger charge is 2.49. The number of nitrogens with zero attached hydrogens (tertiary/aromatic N) is 6. The van der Waals surface area contributed by atoms with E-state index < -0.39 is 249 Å². The molecule has 5 saturated heterocycles. The molecule has 2 aromatic carbocycles. The Hall–Kier alpha value is -13.1. The lowest BCUT2D eigenvalue weighted by atomic mass is 10.0. The molecule has 2 aromatic heterocycles. The van der Waals surface area contributed by atoms with Crippen molar-refractivity contribution in [2.75, 3.05) is 77.9 Å². The van der Waals surface area contributed by atoms with Gasteiger partial charge in [0.2, 0.25) is 100 Å². The Morgan fingerprint density at radius 2 is 0.962 bits per heavy atom. The predicted octanol–water partition coefficient (Wildman–Crippen LogP) is -7.93. The van der Waals surface area contributed by atoms with E-state index in [2.05, 4.69) is 91.4 Å². The first-order chi connectivity index (χ1) is 63.0. The van der Waals surface area contributed by atoms with Crippen LogP contribution < -0.4 is 81.0 Å². The van der Waals surface area contributed by atoms with E-state index in [4.69, 9.17) is 22.6 Å². The molecule has 48 heteroatoms. The minimum Gasteiger partial charge on any atom is -0.508 e. The lowest BCUT2D eigenvalue weighted by molar-refractivity contribution is -0.152. The molecule has 47 nitrogen and oxygen atoms in total. The van der Waals surface area contributed by atoms with Crippen LogP contribution in [0.1, 0.15) is 127 Å². The number of carbonyl (C=O) groups excluding carboxylic acids is 17. The lowest BCUT2D eigenvalue weighted by Crippen LogP contribution is -2.62. The summed E-state index contributed by atoms with van der Waals surface area (Å²) in [6, 6.07) is -9.37. The molecule has 17 amide bonds. The molecular weight excluding hydrogens is 1750 g/mol. The molecule has 0 bridgehead atoms. The molecule has 0 radical (unpaired) electrons. The third kappa shape index (κ3) is 28.2. The minimum atomic E-state index is -2.00. The molecule has 0 spiro atoms. The van der Waals surface area contributed by atoms with Gasteiger partial charge in [0.1, 0.15) is 90.3 Å². The van der Waals surface area contributed by atoms with Crippen LogP contribution in [0.2, 0.25) is 0 Å². The number of imidazole rings is 1. The third-order valence-electron chi connectivity index (χ3n) is 23.6. The van der Waals surface area contributed by atoms with Gasteiger partial charge in [-0.25, -0.2) is 4.98 Å². The summed E-state index contributed by atoms with van der Waals surface area (Å²) in [4.78, 5) is 268. The number of para-hydroxylation sites is 1. The summed E-state index contributed by atoms with van der Waals surface area (Å²) in [5, 5.41) is 89.8. The monoisotopic (exact) mass is 1860 g/mol. The van der Waals surface area contributed by atoms with Crippen molar-refractivity contribution >= 4 is 136 Å². The number of aliphatic hydroxyl groups excluding tert-OH is 3. The van der Waals surface area contributed by atoms with Gasteiger partial charge < -0.3 is 141 Å². The van der Waals surface area contributed by atoms with Gasteiger partial charge in [-0.3, -0.25) is 91.7 Å². The molecule has 5 aliphatic rings. The SMILES string of the molecule is CC(C)C[C@H](NC(=O)CNC(=O)[C@H](Cc1ccc(O)cc1)NC(=O)[C@H](CO)NC(=O)[C@H](Cc1c[nH]c2ccccc12)NC(=O)[C@H](Cc1cnc[nH]1)NC(=O)[C@H](CCC(=O)O)NC(=O)[C@H](CO)NC(=O)[C@H](CO)NC(=O)[C@@H]1CCCN1C(=O)[C@@H]1CCCN1C(=O)[C@@H]1CCCN1C(=O)[C@@H]1CCCN1C(=O)[C@@H](N)CS)C(=O)N[C@@H](CCCNC(=N)N)C(=O)N1CCC[C@H]1C(=O)NCC(N)=O. The van der Waals surface area contributed by atoms with Crippen molar-refractivity contribution in [3.8, 4) is 5.75 Å². The fourth-order valence-electron chi connectivity index (χ4n) is 16.8. The van der Waals surface area contributed by atoms with Crippen molar-refractivity contribution < 1.29 is 112 Å². The van der Waals surface area contributed by atoms with E-state index in [-0.39, 0.29) is 113 Å². The van der Waals surface area contributed by atoms with Crippen LogP contribution in [0.5, 0.6) is 5.75 Å². The van der Waals surface area contributed by atoms with Gasteiger partial charge in [-0.1, -0.05) is 44.2 Å². The highest BCUT2D eigenvalue weighted by Crippen LogP contribution is 2.32. The number of aromatic hydroxyl groups is 1. The summed E-state index contributed by atoms with van der Waals surface area (Å²) >= 11 is 4.15. The molecule has 5 fully saturated rings. The normalized spacial score (nSPS) is 19.3. The van der Waals surface area contributed by atoms with Crippen molar-refractivity contribution in [2.45, 2.75) is 220 Å². The number of carbonyl (C=O) groups is 18. The average Bonchev–Trinajstić information content (AvgIpc) is 1.63. The van der Waals surface area contributed by atoms with Gasteiger partial charge in [0, 0.05) is 99.7 Å². The first kappa shape index (κ1) is 103. The number of aliphatic hydroxyl groups is 3. The molecule has 4 aromatic rings. The number of nitrogens with one attached hydrogen (secondary N) is 15. The number of fused-ring (bicyclic) bond motifs is 1. The number of guanidine groups is 1. The number of phenols is 1. The number of primary amides is 1. The van der Waals surface area contributed by atoms with Gasteiger partial charge in [-0.15, -0.1) is 0 Å². The summed E-state index contributed by atoms with van der Waals surface area (Å²) in [6.07, 6.45) is 4.74. The van der Waals surface area contributed by atoms with Crippen LogP contribution >= 0.6 is 12.6 Å². The molecule has 26 N–H and O–H groups in total. The van der Waals surface area contributed by atoms with Crippen LogP contribution in [0, 0.1) is 11.3 Å². The maximum Gasteiger partial charge on any atom is 0.303 e. The number of aliphatic carboxylic acids is 1. The smallest absolute Gasteiger partial charge is 0.303 e. The van der Waals surface area contributed by atoms with Crippen LogP contribution in [0.3, 0.4) is 0 Å². The van der Waals surface area contributed by atoms with Crippen molar-refractivity contribution in [1.29, 1.82) is 5.41 Å². The fourth-order valence-corrected chi connectivity index (χ4v) is 16.9. The van der Waals surface area contributed by atoms with E-state index in [1.165, 1.54) is 67.5 Å². The van der Waals surface area contributed by atoms with Crippen molar-refractivity contribution in [3.05, 3.63) is 84.1 Å². The summed E-state index contributed by atoms with van der Waals surface area (Å²) in [5.41, 5.74) is 18.2. The number of likely N-dealkylation sites (tertiary alicyclic amines) is 5. The average molecular weight is 1870 g/mol. The number of carboxylic acid groups (broad SMARTS) is 1. The van der Waals surface area contributed by atoms with Gasteiger partial charge in [0.15, 0.2) is 5.96 Å². The zero-order valence-corrected chi connectivity index (χ0v) is 74.1. The summed E-state index contributed by atoms with van der Waals surface area (Å²) < 4.78 is 0. The molecule has 15 atom stereocenters. The Balaban J connectivity index is 0.855. The van der Waals surface area contributed by atoms with Crippen molar-refractivity contribution in [1.82, 2.24) is 103 Å². The van der Waals surface area contributed by atoms with Crippen LogP contribution in [-0.4, -0.2) is 346 Å². The minimum absolute atomic E-state index is 0.00970. The second kappa shape index (κ2) is 49.2. The Labute approximate surface area is 763 Å². The maximum absolute atomic E-state index is 15.0. The Morgan fingerprint density at radius 1 is 0.500 bits per heavy atom. The number of hydrogen-bond donors (Lipinski definition) is 24. The quantitative estimate of drug-likeness (QED) is 0.00845. The van der Waals surface area contributed by atoms with Gasteiger partial charge >= 0.3 is 5.97 Å². The first-order valence-corrected chi connectivity index (χ1v) is 44.5. The number of hydrogen-bond acceptors (Lipinski definition) is 26. The lowest BCUT2D eigenvalue weighted by Gasteiger charge is -2.35. The van der Waals surface area contributed by atoms with E-state index in [0.29, 0.717) is 73.5 Å². The number of nitrogens with two attached hydrogens (primary N) is 3. The molecule has 0 aliphatic carbocycles. The zero-order chi connectivity index (χ0) is 96.2. The topological polar surface area (TPSA) is 715 Å². The molecule has 7 heterocycles. The Morgan fingerprint density at radius 3 is 1.48 bits per heavy atom. The second-order valence-corrected chi connectivity index (χ2v) is 33.9. The Bertz CT molecular complexity index is 4810. The number of thiol groups is 1. The van der Waals surface area contributed by atoms with Crippen LogP contribution in [0.25, 0.3) is 10.9 Å². The van der Waals surface area contributed by atoms with Gasteiger partial charge in [0.05, 0.1) is 45.3 Å². The van der Waals surface area contributed by atoms with E-state index in [1.807, 2.05) is 0 Å². The molecule has 0 unspecified atom stereocenters. The highest BCUT2D eigenvalue weighted by atomic mass is 32.1. The number of aromatic nitrogens is 3. The van der Waals surface area contributed by atoms with Crippen LogP contribution in [0.15, 0.2) is 67.3 Å². The van der Waals surface area contributed by atoms with Crippen molar-refractivity contribution in [2.24, 2.45) is 23.1 Å². The molecule has 720 valence electrons. The van der Waals surface area contributed by atoms with E-state index in [0.717, 1.165) is 0 Å². The fraction of sp³-hybridized carbons (Fsp3) is 0.571. The van der Waals surface area contributed by atoms with Crippen molar-refractivity contribution in [3.63, 3.8) is 0 Å². The standard InChI is InChI=1S/C84H120N24O23S/c1-44(2)31-54(71(119)97-53(13-5-25-90-84(87)88)80(128)104-26-6-14-61(104)77(125)92-37-66(86)113)95-67(114)38-93-69(117)55(32-45-19-21-48(112)22-20-45)98-75(123)59(40-110)101-72(120)56(33-46-35-91-51-12-4-3-11-49(46)51)99-73(121)57(34-47-36-89-43-94-47)100-70(118)52(23-24-68(115)116)96-74(122)58(39-109)102-76(124)60(41-111)103-78(126)62-15-7-27-105(62)81(129)64-17-9-29-107(64)83(131)65-18-10-30-108(65)82(130)63-16-8-28-106(63)79(127)50(85)42-132/h3-4,11-12,19-22,35-36,43-44,50,52-65,91,109-112,132H,5-10,13-18,23-34,37-42,85H2,1-2H3,(H2,86,113)(H,89,94)(H,92,125)(H,93,117)(H,95,114)(H,96,122)(H,97,119)(H,98,123)(H,99,121)(H,100,118)(H,101,120)(H,102,124)(H,103,126)(H,115,116)(H4,87,88,90)/t50-,52-,53-,54-,55-,56-,57-,58-,59-,60-,61-,62-,63-,64-,65-/m0/s1. The Kier molecular flexibility index (Phi) is 38.3. The third-order valence-corrected chi connectivity index (χ3v) is 23.9. The number of benzene rings is 2. The predicted molar refractivity (Wildman–Crippen MR) is 471 cm³/mol. The summed E-state index contributed by atoms with van der Waals surface area (Å²) in [5.74, 6) is -17.3. The summed E-state index contributed by atoms with van der Waals surface area (Å²) in [6.45, 7) is -0.356. The number of phenolic OH excluding ortho intramolecular Hbond substituents is 1. The van der Waals surface area contributed by atoms with Crippen LogP contribution in [0.4, 0.5) is 0 Å². The zero-order valence-electron chi connectivity index (χ0n) is 73.2. The number of aromatic amines is 2. The number of H-pyrrole nitrogens is 2. The molecular formula is C84H120N24O23S. The van der Waals surface area contributed by atoms with Gasteiger partial charge in [-0.05, 0) is 125 Å². The van der Waals surface area contributed by atoms with E-state index >= 15 is 4.79 Å². The molecule has 132 heavy (non-hydrogen) atoms. The van der Waals surface area contributed by atoms with Crippen LogP contribution in [-0.2, 0) is 106 Å². The summed E-state index contributed by atoms with van der Waals surface area (Å²) in [7, 11) is 0. The number of carboxylic acids is 1. The molecule has 9 rings (SSSR count). The number of amides is 17. The van der Waals surface area contributed by atoms with E-state index in [9.17, 15) is 107 Å². The van der Waals surface area contributed by atoms with E-state index in [1.54, 1.807) is 38.1 Å². The van der Waals surface area contributed by atoms with Gasteiger partial charge in [-0.2, -0.15) is 12.6 Å².